The Hall–Kier alpha value is -3.60. The zero-order valence-corrected chi connectivity index (χ0v) is 21.2. The maximum atomic E-state index is 12.9. The van der Waals surface area contributed by atoms with Gasteiger partial charge in [0.05, 0.1) is 31.4 Å². The highest BCUT2D eigenvalue weighted by Gasteiger charge is 2.37. The Morgan fingerprint density at radius 3 is 2.42 bits per heavy atom. The Kier molecular flexibility index (Phi) is 8.92. The van der Waals surface area contributed by atoms with Crippen LogP contribution in [0.25, 0.3) is 6.08 Å². The van der Waals surface area contributed by atoms with E-state index in [0.29, 0.717) is 21.5 Å². The highest BCUT2D eigenvalue weighted by atomic mass is 35.5. The number of amides is 3. The molecule has 0 saturated carbocycles. The molecule has 0 unspecified atom stereocenters. The number of halogens is 2. The van der Waals surface area contributed by atoms with Crippen molar-refractivity contribution in [2.75, 3.05) is 32.7 Å². The molecule has 3 rings (SSSR count). The summed E-state index contributed by atoms with van der Waals surface area (Å²) in [4.78, 5) is 51.0. The van der Waals surface area contributed by atoms with Gasteiger partial charge in [0, 0.05) is 35.1 Å². The van der Waals surface area contributed by atoms with Crippen LogP contribution in [-0.4, -0.2) is 56.0 Å². The SMILES string of the molecule is COCCN1C(=O)/C(=C/c2ccc(CNC(=O)C(=O)Nc3cc(Cl)cc(Cl)c3)o2)C(C(=O)OC)=C1C. The van der Waals surface area contributed by atoms with Gasteiger partial charge in [0.1, 0.15) is 11.5 Å². The quantitative estimate of drug-likeness (QED) is 0.302. The molecule has 0 radical (unpaired) electrons. The normalized spacial score (nSPS) is 14.4. The fraction of sp³-hybridized carbons (Fsp3) is 0.250. The zero-order valence-electron chi connectivity index (χ0n) is 19.6. The lowest BCUT2D eigenvalue weighted by atomic mass is 10.1. The second-order valence-electron chi connectivity index (χ2n) is 7.56. The van der Waals surface area contributed by atoms with Crippen LogP contribution in [0.3, 0.4) is 0 Å². The lowest BCUT2D eigenvalue weighted by molar-refractivity contribution is -0.136. The van der Waals surface area contributed by atoms with Gasteiger partial charge in [-0.05, 0) is 43.3 Å². The first-order valence-electron chi connectivity index (χ1n) is 10.6. The first-order chi connectivity index (χ1) is 17.1. The van der Waals surface area contributed by atoms with Gasteiger partial charge in [-0.25, -0.2) is 4.79 Å². The van der Waals surface area contributed by atoms with Crippen molar-refractivity contribution in [3.05, 3.63) is 68.7 Å². The standard InChI is InChI=1S/C24H23Cl2N3O7/c1-13-20(24(33)35-3)19(23(32)29(13)6-7-34-2)11-17-4-5-18(36-17)12-27-21(30)22(31)28-16-9-14(25)8-15(26)10-16/h4-5,8-11H,6-7,12H2,1-3H3,(H,27,30)(H,28,31)/b19-11+. The minimum Gasteiger partial charge on any atom is -0.465 e. The fourth-order valence-electron chi connectivity index (χ4n) is 3.45. The lowest BCUT2D eigenvalue weighted by Gasteiger charge is -2.16. The van der Waals surface area contributed by atoms with E-state index in [9.17, 15) is 19.2 Å². The lowest BCUT2D eigenvalue weighted by Crippen LogP contribution is -2.34. The van der Waals surface area contributed by atoms with Crippen LogP contribution in [0.15, 0.2) is 51.6 Å². The summed E-state index contributed by atoms with van der Waals surface area (Å²) in [6.07, 6.45) is 1.42. The van der Waals surface area contributed by atoms with Gasteiger partial charge in [-0.15, -0.1) is 0 Å². The second-order valence-corrected chi connectivity index (χ2v) is 8.43. The maximum Gasteiger partial charge on any atom is 0.340 e. The van der Waals surface area contributed by atoms with Gasteiger partial charge >= 0.3 is 17.8 Å². The molecule has 190 valence electrons. The van der Waals surface area contributed by atoms with Crippen molar-refractivity contribution in [1.82, 2.24) is 10.2 Å². The molecular weight excluding hydrogens is 513 g/mol. The summed E-state index contributed by atoms with van der Waals surface area (Å²) in [6.45, 7) is 2.09. The number of benzene rings is 1. The van der Waals surface area contributed by atoms with E-state index < -0.39 is 23.7 Å². The number of furan rings is 1. The van der Waals surface area contributed by atoms with Crippen molar-refractivity contribution < 1.29 is 33.1 Å². The van der Waals surface area contributed by atoms with Crippen molar-refractivity contribution >= 4 is 58.7 Å². The summed E-state index contributed by atoms with van der Waals surface area (Å²) >= 11 is 11.8. The van der Waals surface area contributed by atoms with E-state index >= 15 is 0 Å². The number of rotatable bonds is 8. The summed E-state index contributed by atoms with van der Waals surface area (Å²) in [7, 11) is 2.74. The predicted molar refractivity (Wildman–Crippen MR) is 132 cm³/mol. The van der Waals surface area contributed by atoms with Gasteiger partial charge in [0.25, 0.3) is 5.91 Å². The summed E-state index contributed by atoms with van der Waals surface area (Å²) in [5.41, 5.74) is 0.953. The first-order valence-corrected chi connectivity index (χ1v) is 11.4. The average molecular weight is 536 g/mol. The van der Waals surface area contributed by atoms with Gasteiger partial charge in [0.15, 0.2) is 0 Å². The molecule has 36 heavy (non-hydrogen) atoms. The molecule has 1 aromatic carbocycles. The van der Waals surface area contributed by atoms with E-state index in [2.05, 4.69) is 10.6 Å². The number of nitrogens with one attached hydrogen (secondary N) is 2. The van der Waals surface area contributed by atoms with Gasteiger partial charge in [0.2, 0.25) is 0 Å². The molecule has 1 aliphatic heterocycles. The monoisotopic (exact) mass is 535 g/mol. The molecule has 0 aliphatic carbocycles. The summed E-state index contributed by atoms with van der Waals surface area (Å²) in [6, 6.07) is 7.52. The number of nitrogens with zero attached hydrogens (tertiary/aromatic N) is 1. The van der Waals surface area contributed by atoms with E-state index in [0.717, 1.165) is 0 Å². The smallest absolute Gasteiger partial charge is 0.340 e. The molecule has 10 nitrogen and oxygen atoms in total. The molecule has 0 fully saturated rings. The van der Waals surface area contributed by atoms with E-state index in [1.54, 1.807) is 19.1 Å². The third-order valence-corrected chi connectivity index (χ3v) is 5.58. The molecule has 12 heteroatoms. The largest absolute Gasteiger partial charge is 0.465 e. The maximum absolute atomic E-state index is 12.9. The summed E-state index contributed by atoms with van der Waals surface area (Å²) in [5.74, 6) is -2.29. The minimum atomic E-state index is -0.918. The summed E-state index contributed by atoms with van der Waals surface area (Å²) in [5, 5.41) is 5.44. The summed E-state index contributed by atoms with van der Waals surface area (Å²) < 4.78 is 15.5. The number of anilines is 1. The minimum absolute atomic E-state index is 0.0988. The van der Waals surface area contributed by atoms with E-state index in [1.165, 1.54) is 43.4 Å². The number of carbonyl (C=O) groups is 4. The Bertz CT molecular complexity index is 1250. The van der Waals surface area contributed by atoms with Crippen LogP contribution in [0.5, 0.6) is 0 Å². The molecule has 3 amide bonds. The Balaban J connectivity index is 1.68. The number of hydrogen-bond donors (Lipinski definition) is 2. The van der Waals surface area contributed by atoms with Crippen LogP contribution in [-0.2, 0) is 35.2 Å². The second kappa shape index (κ2) is 11.9. The third-order valence-electron chi connectivity index (χ3n) is 5.14. The first kappa shape index (κ1) is 27.0. The van der Waals surface area contributed by atoms with Gasteiger partial charge in [-0.2, -0.15) is 0 Å². The van der Waals surface area contributed by atoms with Crippen molar-refractivity contribution in [3.8, 4) is 0 Å². The number of hydrogen-bond acceptors (Lipinski definition) is 7. The Morgan fingerprint density at radius 2 is 1.78 bits per heavy atom. The van der Waals surface area contributed by atoms with Crippen LogP contribution in [0.4, 0.5) is 5.69 Å². The molecule has 2 heterocycles. The van der Waals surface area contributed by atoms with Crippen LogP contribution in [0, 0.1) is 0 Å². The van der Waals surface area contributed by atoms with Crippen molar-refractivity contribution in [1.29, 1.82) is 0 Å². The van der Waals surface area contributed by atoms with Crippen molar-refractivity contribution in [2.24, 2.45) is 0 Å². The van der Waals surface area contributed by atoms with Crippen molar-refractivity contribution in [3.63, 3.8) is 0 Å². The topological polar surface area (TPSA) is 127 Å². The number of ether oxygens (including phenoxy) is 2. The molecular formula is C24H23Cl2N3O7. The zero-order chi connectivity index (χ0) is 26.4. The highest BCUT2D eigenvalue weighted by Crippen LogP contribution is 2.31. The molecule has 0 atom stereocenters. The molecule has 1 aliphatic rings. The molecule has 2 aromatic rings. The highest BCUT2D eigenvalue weighted by molar-refractivity contribution is 6.40. The van der Waals surface area contributed by atoms with Crippen LogP contribution < -0.4 is 10.6 Å². The average Bonchev–Trinajstić information content (AvgIpc) is 3.37. The Labute approximate surface area is 216 Å². The number of methoxy groups -OCH3 is 2. The number of allylic oxidation sites excluding steroid dienone is 1. The van der Waals surface area contributed by atoms with Crippen LogP contribution >= 0.6 is 23.2 Å². The molecule has 1 aromatic heterocycles. The predicted octanol–water partition coefficient (Wildman–Crippen LogP) is 3.16. The molecule has 2 N–H and O–H groups in total. The Morgan fingerprint density at radius 1 is 1.08 bits per heavy atom. The fourth-order valence-corrected chi connectivity index (χ4v) is 3.98. The van der Waals surface area contributed by atoms with E-state index in [1.807, 2.05) is 0 Å². The van der Waals surface area contributed by atoms with Crippen molar-refractivity contribution in [2.45, 2.75) is 13.5 Å². The van der Waals surface area contributed by atoms with Gasteiger partial charge in [-0.3, -0.25) is 14.4 Å². The van der Waals surface area contributed by atoms with Crippen LogP contribution in [0.2, 0.25) is 10.0 Å². The van der Waals surface area contributed by atoms with Crippen LogP contribution in [0.1, 0.15) is 18.4 Å². The number of esters is 1. The third kappa shape index (κ3) is 6.34. The number of carbonyl (C=O) groups excluding carboxylic acids is 4. The van der Waals surface area contributed by atoms with E-state index in [4.69, 9.17) is 37.1 Å². The molecule has 0 bridgehead atoms. The van der Waals surface area contributed by atoms with Gasteiger partial charge < -0.3 is 29.4 Å². The molecule has 0 spiro atoms. The van der Waals surface area contributed by atoms with Gasteiger partial charge in [-0.1, -0.05) is 23.2 Å². The molecule has 0 saturated heterocycles. The van der Waals surface area contributed by atoms with E-state index in [-0.39, 0.29) is 42.3 Å².